The molecule has 0 aromatic carbocycles. The lowest BCUT2D eigenvalue weighted by atomic mass is 9.88. The van der Waals surface area contributed by atoms with Gasteiger partial charge in [0.2, 0.25) is 0 Å². The Hall–Kier alpha value is -0.120. The molecule has 3 nitrogen and oxygen atoms in total. The highest BCUT2D eigenvalue weighted by molar-refractivity contribution is 4.76. The summed E-state index contributed by atoms with van der Waals surface area (Å²) in [5.74, 6) is 0. The van der Waals surface area contributed by atoms with Gasteiger partial charge in [-0.05, 0) is 25.3 Å². The molecule has 0 aromatic rings. The minimum atomic E-state index is -0.348. The molecular weight excluding hydrogens is 178 g/mol. The van der Waals surface area contributed by atoms with E-state index in [0.717, 1.165) is 13.0 Å². The monoisotopic (exact) mass is 203 g/mol. The molecule has 0 spiro atoms. The van der Waals surface area contributed by atoms with E-state index < -0.39 is 0 Å². The highest BCUT2D eigenvalue weighted by Crippen LogP contribution is 2.18. The van der Waals surface area contributed by atoms with Gasteiger partial charge < -0.3 is 15.2 Å². The Labute approximate surface area is 87.8 Å². The van der Waals surface area contributed by atoms with Crippen molar-refractivity contribution in [3.63, 3.8) is 0 Å². The fourth-order valence-electron chi connectivity index (χ4n) is 1.05. The van der Waals surface area contributed by atoms with Crippen LogP contribution in [0, 0.1) is 5.41 Å². The van der Waals surface area contributed by atoms with Crippen molar-refractivity contribution < 1.29 is 9.84 Å². The molecule has 0 aliphatic rings. The van der Waals surface area contributed by atoms with Crippen LogP contribution in [-0.4, -0.2) is 37.5 Å². The Morgan fingerprint density at radius 2 is 1.93 bits per heavy atom. The molecule has 0 aromatic heterocycles. The average Bonchev–Trinajstić information content (AvgIpc) is 2.02. The Kier molecular flexibility index (Phi) is 6.33. The molecule has 14 heavy (non-hydrogen) atoms. The quantitative estimate of drug-likeness (QED) is 0.686. The van der Waals surface area contributed by atoms with Crippen molar-refractivity contribution in [2.75, 3.05) is 20.3 Å². The second-order valence-corrected chi connectivity index (χ2v) is 4.94. The molecule has 0 fully saturated rings. The lowest BCUT2D eigenvalue weighted by Gasteiger charge is -2.28. The topological polar surface area (TPSA) is 41.5 Å². The Bertz CT molecular complexity index is 143. The first kappa shape index (κ1) is 13.9. The standard InChI is InChI=1S/C11H25NO2/c1-9(11(2,3)4)12-7-6-10(13)8-14-5/h9-10,12-13H,6-8H2,1-5H3. The maximum absolute atomic E-state index is 9.40. The average molecular weight is 203 g/mol. The predicted molar refractivity (Wildman–Crippen MR) is 59.4 cm³/mol. The molecule has 0 bridgehead atoms. The molecule has 3 heteroatoms. The molecule has 86 valence electrons. The fourth-order valence-corrected chi connectivity index (χ4v) is 1.05. The smallest absolute Gasteiger partial charge is 0.0785 e. The van der Waals surface area contributed by atoms with E-state index in [-0.39, 0.29) is 11.5 Å². The van der Waals surface area contributed by atoms with Gasteiger partial charge in [0.25, 0.3) is 0 Å². The second-order valence-electron chi connectivity index (χ2n) is 4.94. The van der Waals surface area contributed by atoms with Crippen molar-refractivity contribution in [1.82, 2.24) is 5.32 Å². The summed E-state index contributed by atoms with van der Waals surface area (Å²) >= 11 is 0. The van der Waals surface area contributed by atoms with Crippen LogP contribution in [0.5, 0.6) is 0 Å². The number of rotatable bonds is 6. The van der Waals surface area contributed by atoms with Crippen LogP contribution in [-0.2, 0) is 4.74 Å². The van der Waals surface area contributed by atoms with E-state index in [1.807, 2.05) is 0 Å². The van der Waals surface area contributed by atoms with Crippen LogP contribution in [0.2, 0.25) is 0 Å². The van der Waals surface area contributed by atoms with E-state index in [1.54, 1.807) is 7.11 Å². The molecule has 0 radical (unpaired) electrons. The summed E-state index contributed by atoms with van der Waals surface area (Å²) < 4.78 is 4.85. The third kappa shape index (κ3) is 6.35. The highest BCUT2D eigenvalue weighted by atomic mass is 16.5. The van der Waals surface area contributed by atoms with Gasteiger partial charge in [-0.3, -0.25) is 0 Å². The molecule has 2 unspecified atom stereocenters. The molecular formula is C11H25NO2. The maximum Gasteiger partial charge on any atom is 0.0785 e. The fraction of sp³-hybridized carbons (Fsp3) is 1.00. The van der Waals surface area contributed by atoms with Gasteiger partial charge in [0.15, 0.2) is 0 Å². The summed E-state index contributed by atoms with van der Waals surface area (Å²) in [4.78, 5) is 0. The number of nitrogens with one attached hydrogen (secondary N) is 1. The minimum Gasteiger partial charge on any atom is -0.391 e. The first-order chi connectivity index (χ1) is 6.38. The van der Waals surface area contributed by atoms with Crippen LogP contribution in [0.4, 0.5) is 0 Å². The van der Waals surface area contributed by atoms with Crippen molar-refractivity contribution >= 4 is 0 Å². The van der Waals surface area contributed by atoms with Gasteiger partial charge >= 0.3 is 0 Å². The predicted octanol–water partition coefficient (Wildman–Crippen LogP) is 1.41. The van der Waals surface area contributed by atoms with Crippen molar-refractivity contribution in [3.05, 3.63) is 0 Å². The first-order valence-corrected chi connectivity index (χ1v) is 5.28. The van der Waals surface area contributed by atoms with Gasteiger partial charge in [-0.1, -0.05) is 20.8 Å². The van der Waals surface area contributed by atoms with E-state index in [1.165, 1.54) is 0 Å². The lowest BCUT2D eigenvalue weighted by Crippen LogP contribution is -2.39. The largest absolute Gasteiger partial charge is 0.391 e. The van der Waals surface area contributed by atoms with Crippen LogP contribution >= 0.6 is 0 Å². The van der Waals surface area contributed by atoms with Gasteiger partial charge in [-0.2, -0.15) is 0 Å². The summed E-state index contributed by atoms with van der Waals surface area (Å²) in [7, 11) is 1.61. The summed E-state index contributed by atoms with van der Waals surface area (Å²) in [6, 6.07) is 0.456. The molecule has 0 aliphatic heterocycles. The molecule has 0 heterocycles. The van der Waals surface area contributed by atoms with Gasteiger partial charge in [0.1, 0.15) is 0 Å². The lowest BCUT2D eigenvalue weighted by molar-refractivity contribution is 0.0582. The van der Waals surface area contributed by atoms with Crippen molar-refractivity contribution in [2.24, 2.45) is 5.41 Å². The van der Waals surface area contributed by atoms with Gasteiger partial charge in [-0.15, -0.1) is 0 Å². The van der Waals surface area contributed by atoms with E-state index in [0.29, 0.717) is 12.6 Å². The Morgan fingerprint density at radius 1 is 1.36 bits per heavy atom. The van der Waals surface area contributed by atoms with Crippen molar-refractivity contribution in [2.45, 2.75) is 46.3 Å². The van der Waals surface area contributed by atoms with Crippen LogP contribution in [0.25, 0.3) is 0 Å². The first-order valence-electron chi connectivity index (χ1n) is 5.28. The maximum atomic E-state index is 9.40. The van der Waals surface area contributed by atoms with Crippen LogP contribution in [0.1, 0.15) is 34.1 Å². The van der Waals surface area contributed by atoms with Crippen LogP contribution < -0.4 is 5.32 Å². The van der Waals surface area contributed by atoms with Crippen LogP contribution in [0.15, 0.2) is 0 Å². The van der Waals surface area contributed by atoms with Crippen molar-refractivity contribution in [1.29, 1.82) is 0 Å². The Morgan fingerprint density at radius 3 is 2.36 bits per heavy atom. The number of hydrogen-bond acceptors (Lipinski definition) is 3. The van der Waals surface area contributed by atoms with Gasteiger partial charge in [-0.25, -0.2) is 0 Å². The van der Waals surface area contributed by atoms with E-state index in [4.69, 9.17) is 4.74 Å². The zero-order chi connectivity index (χ0) is 11.2. The number of hydrogen-bond donors (Lipinski definition) is 2. The molecule has 2 N–H and O–H groups in total. The summed E-state index contributed by atoms with van der Waals surface area (Å²) in [5, 5.41) is 12.8. The van der Waals surface area contributed by atoms with Crippen molar-refractivity contribution in [3.8, 4) is 0 Å². The second kappa shape index (κ2) is 6.38. The summed E-state index contributed by atoms with van der Waals surface area (Å²) in [6.07, 6.45) is 0.397. The van der Waals surface area contributed by atoms with E-state index in [2.05, 4.69) is 33.0 Å². The molecule has 0 saturated carbocycles. The molecule has 0 rings (SSSR count). The number of ether oxygens (including phenoxy) is 1. The normalized spacial score (nSPS) is 16.7. The molecule has 0 amide bonds. The van der Waals surface area contributed by atoms with E-state index in [9.17, 15) is 5.11 Å². The summed E-state index contributed by atoms with van der Waals surface area (Å²) in [6.45, 7) is 10.0. The summed E-state index contributed by atoms with van der Waals surface area (Å²) in [5.41, 5.74) is 0.270. The highest BCUT2D eigenvalue weighted by Gasteiger charge is 2.19. The third-order valence-electron chi connectivity index (χ3n) is 2.59. The third-order valence-corrected chi connectivity index (χ3v) is 2.59. The van der Waals surface area contributed by atoms with Gasteiger partial charge in [0.05, 0.1) is 12.7 Å². The number of aliphatic hydroxyl groups excluding tert-OH is 1. The zero-order valence-electron chi connectivity index (χ0n) is 10.1. The SMILES string of the molecule is COCC(O)CCNC(C)C(C)(C)C. The molecule has 0 saturated heterocycles. The Balaban J connectivity index is 3.54. The van der Waals surface area contributed by atoms with Crippen LogP contribution in [0.3, 0.4) is 0 Å². The molecule has 2 atom stereocenters. The molecule has 0 aliphatic carbocycles. The number of methoxy groups -OCH3 is 1. The van der Waals surface area contributed by atoms with E-state index >= 15 is 0 Å². The van der Waals surface area contributed by atoms with Gasteiger partial charge in [0, 0.05) is 13.2 Å². The minimum absolute atomic E-state index is 0.270. The zero-order valence-corrected chi connectivity index (χ0v) is 10.1. The number of aliphatic hydroxyl groups is 1.